The molecule has 0 spiro atoms. The maximum atomic E-state index is 12.9. The van der Waals surface area contributed by atoms with Crippen molar-refractivity contribution < 1.29 is 8.42 Å². The molecule has 8 heteroatoms. The van der Waals surface area contributed by atoms with Gasteiger partial charge in [0.2, 0.25) is 0 Å². The highest BCUT2D eigenvalue weighted by molar-refractivity contribution is 7.92. The van der Waals surface area contributed by atoms with Gasteiger partial charge >= 0.3 is 0 Å². The third-order valence-electron chi connectivity index (χ3n) is 4.79. The van der Waals surface area contributed by atoms with Crippen LogP contribution < -0.4 is 14.9 Å². The molecule has 0 saturated carbocycles. The Kier molecular flexibility index (Phi) is 5.38. The second kappa shape index (κ2) is 7.79. The highest BCUT2D eigenvalue weighted by Gasteiger charge is 2.21. The van der Waals surface area contributed by atoms with E-state index in [2.05, 4.69) is 14.9 Å². The number of sulfonamides is 1. The number of hydrogen-bond acceptors (Lipinski definition) is 4. The van der Waals surface area contributed by atoms with Gasteiger partial charge in [0.25, 0.3) is 10.0 Å². The first-order valence-corrected chi connectivity index (χ1v) is 11.1. The molecule has 3 aromatic carbocycles. The third kappa shape index (κ3) is 3.78. The van der Waals surface area contributed by atoms with Gasteiger partial charge in [-0.2, -0.15) is 0 Å². The number of halogens is 2. The summed E-state index contributed by atoms with van der Waals surface area (Å²) in [4.78, 5) is 2.31. The van der Waals surface area contributed by atoms with Crippen molar-refractivity contribution in [1.29, 1.82) is 0 Å². The van der Waals surface area contributed by atoms with Crippen LogP contribution in [-0.2, 0) is 10.0 Å². The number of nitrogens with zero attached hydrogens (tertiary/aromatic N) is 1. The zero-order valence-corrected chi connectivity index (χ0v) is 17.3. The summed E-state index contributed by atoms with van der Waals surface area (Å²) >= 11 is 12.0. The smallest absolute Gasteiger partial charge is 0.263 e. The van der Waals surface area contributed by atoms with Crippen molar-refractivity contribution in [3.8, 4) is 0 Å². The quantitative estimate of drug-likeness (QED) is 0.638. The van der Waals surface area contributed by atoms with Crippen molar-refractivity contribution in [2.75, 3.05) is 35.8 Å². The molecule has 0 amide bonds. The van der Waals surface area contributed by atoms with Gasteiger partial charge in [-0.25, -0.2) is 8.42 Å². The standard InChI is InChI=1S/C20H19Cl2N3O2S/c21-14-5-8-20(17(22)13-14)28(26,27)24-18-6-7-19(25-11-9-23-10-12-25)16-4-2-1-3-15(16)18/h1-8,13,23-24H,9-12H2. The molecule has 0 aliphatic carbocycles. The number of rotatable bonds is 4. The van der Waals surface area contributed by atoms with Gasteiger partial charge in [-0.15, -0.1) is 0 Å². The minimum atomic E-state index is -3.85. The van der Waals surface area contributed by atoms with E-state index in [0.717, 1.165) is 42.6 Å². The van der Waals surface area contributed by atoms with Gasteiger partial charge in [0.05, 0.1) is 10.7 Å². The summed E-state index contributed by atoms with van der Waals surface area (Å²) in [6, 6.07) is 15.9. The van der Waals surface area contributed by atoms with E-state index in [9.17, 15) is 8.42 Å². The number of hydrogen-bond donors (Lipinski definition) is 2. The van der Waals surface area contributed by atoms with E-state index in [-0.39, 0.29) is 9.92 Å². The van der Waals surface area contributed by atoms with Crippen molar-refractivity contribution in [3.63, 3.8) is 0 Å². The first-order chi connectivity index (χ1) is 13.5. The number of nitrogens with one attached hydrogen (secondary N) is 2. The molecule has 28 heavy (non-hydrogen) atoms. The fourth-order valence-corrected chi connectivity index (χ4v) is 5.30. The van der Waals surface area contributed by atoms with Crippen molar-refractivity contribution in [2.45, 2.75) is 4.90 Å². The second-order valence-corrected chi connectivity index (χ2v) is 9.09. The van der Waals surface area contributed by atoms with Crippen LogP contribution in [0.1, 0.15) is 0 Å². The molecule has 0 unspecified atom stereocenters. The molecule has 5 nitrogen and oxygen atoms in total. The Balaban J connectivity index is 1.75. The molecule has 3 aromatic rings. The third-order valence-corrected chi connectivity index (χ3v) is 6.87. The summed E-state index contributed by atoms with van der Waals surface area (Å²) < 4.78 is 28.5. The topological polar surface area (TPSA) is 61.4 Å². The fraction of sp³-hybridized carbons (Fsp3) is 0.200. The van der Waals surface area contributed by atoms with Crippen LogP contribution in [0.4, 0.5) is 11.4 Å². The molecule has 2 N–H and O–H groups in total. The van der Waals surface area contributed by atoms with Crippen LogP contribution in [0.5, 0.6) is 0 Å². The van der Waals surface area contributed by atoms with Gasteiger partial charge < -0.3 is 10.2 Å². The van der Waals surface area contributed by atoms with Crippen LogP contribution in [0.25, 0.3) is 10.8 Å². The van der Waals surface area contributed by atoms with Crippen LogP contribution in [-0.4, -0.2) is 34.6 Å². The largest absolute Gasteiger partial charge is 0.368 e. The molecule has 1 heterocycles. The van der Waals surface area contributed by atoms with E-state index in [1.165, 1.54) is 18.2 Å². The maximum absolute atomic E-state index is 12.9. The minimum absolute atomic E-state index is 0.00571. The average Bonchev–Trinajstić information content (AvgIpc) is 2.68. The monoisotopic (exact) mass is 435 g/mol. The van der Waals surface area contributed by atoms with Gasteiger partial charge in [-0.05, 0) is 30.3 Å². The fourth-order valence-electron chi connectivity index (χ4n) is 3.45. The Bertz CT molecular complexity index is 1130. The van der Waals surface area contributed by atoms with Crippen molar-refractivity contribution in [1.82, 2.24) is 5.32 Å². The number of benzene rings is 3. The molecule has 1 aliphatic heterocycles. The molecule has 1 fully saturated rings. The summed E-state index contributed by atoms with van der Waals surface area (Å²) in [7, 11) is -3.85. The lowest BCUT2D eigenvalue weighted by Crippen LogP contribution is -2.43. The van der Waals surface area contributed by atoms with Crippen LogP contribution >= 0.6 is 23.2 Å². The van der Waals surface area contributed by atoms with Crippen molar-refractivity contribution in [2.24, 2.45) is 0 Å². The molecule has 4 rings (SSSR count). The lowest BCUT2D eigenvalue weighted by atomic mass is 10.1. The normalized spacial score (nSPS) is 15.0. The van der Waals surface area contributed by atoms with Crippen LogP contribution in [0.2, 0.25) is 10.0 Å². The molecule has 1 aliphatic rings. The lowest BCUT2D eigenvalue weighted by Gasteiger charge is -2.30. The first kappa shape index (κ1) is 19.3. The predicted octanol–water partition coefficient (Wildman–Crippen LogP) is 4.36. The van der Waals surface area contributed by atoms with Crippen molar-refractivity contribution in [3.05, 3.63) is 64.6 Å². The Labute approximate surface area is 174 Å². The van der Waals surface area contributed by atoms with Gasteiger partial charge in [0, 0.05) is 47.7 Å². The van der Waals surface area contributed by atoms with E-state index in [0.29, 0.717) is 10.7 Å². The lowest BCUT2D eigenvalue weighted by molar-refractivity contribution is 0.590. The Morgan fingerprint density at radius 3 is 2.36 bits per heavy atom. The summed E-state index contributed by atoms with van der Waals surface area (Å²) in [5.74, 6) is 0. The molecular formula is C20H19Cl2N3O2S. The van der Waals surface area contributed by atoms with E-state index in [4.69, 9.17) is 23.2 Å². The zero-order chi connectivity index (χ0) is 19.7. The molecule has 1 saturated heterocycles. The minimum Gasteiger partial charge on any atom is -0.368 e. The molecule has 0 atom stereocenters. The molecule has 146 valence electrons. The Hall–Kier alpha value is -1.99. The Morgan fingerprint density at radius 2 is 1.64 bits per heavy atom. The molecule has 0 aromatic heterocycles. The van der Waals surface area contributed by atoms with E-state index < -0.39 is 10.0 Å². The van der Waals surface area contributed by atoms with E-state index >= 15 is 0 Å². The first-order valence-electron chi connectivity index (χ1n) is 8.91. The molecule has 0 radical (unpaired) electrons. The van der Waals surface area contributed by atoms with Gasteiger partial charge in [-0.1, -0.05) is 47.5 Å². The van der Waals surface area contributed by atoms with E-state index in [1.807, 2.05) is 30.3 Å². The Morgan fingerprint density at radius 1 is 0.929 bits per heavy atom. The van der Waals surface area contributed by atoms with Crippen LogP contribution in [0.15, 0.2) is 59.5 Å². The SMILES string of the molecule is O=S(=O)(Nc1ccc(N2CCNCC2)c2ccccc12)c1ccc(Cl)cc1Cl. The van der Waals surface area contributed by atoms with Crippen LogP contribution in [0, 0.1) is 0 Å². The van der Waals surface area contributed by atoms with Gasteiger partial charge in [0.1, 0.15) is 4.90 Å². The highest BCUT2D eigenvalue weighted by Crippen LogP contribution is 2.34. The average molecular weight is 436 g/mol. The molecule has 0 bridgehead atoms. The van der Waals surface area contributed by atoms with Gasteiger partial charge in [0.15, 0.2) is 0 Å². The predicted molar refractivity (Wildman–Crippen MR) is 116 cm³/mol. The number of anilines is 2. The number of fused-ring (bicyclic) bond motifs is 1. The summed E-state index contributed by atoms with van der Waals surface area (Å²) in [5, 5.41) is 5.66. The van der Waals surface area contributed by atoms with Gasteiger partial charge in [-0.3, -0.25) is 4.72 Å². The number of piperazine rings is 1. The zero-order valence-electron chi connectivity index (χ0n) is 15.0. The highest BCUT2D eigenvalue weighted by atomic mass is 35.5. The summed E-state index contributed by atoms with van der Waals surface area (Å²) in [6.45, 7) is 3.68. The summed E-state index contributed by atoms with van der Waals surface area (Å²) in [5.41, 5.74) is 1.62. The van der Waals surface area contributed by atoms with Crippen molar-refractivity contribution >= 4 is 55.4 Å². The maximum Gasteiger partial charge on any atom is 0.263 e. The molecular weight excluding hydrogens is 417 g/mol. The van der Waals surface area contributed by atoms with Crippen LogP contribution in [0.3, 0.4) is 0 Å². The summed E-state index contributed by atoms with van der Waals surface area (Å²) in [6.07, 6.45) is 0. The second-order valence-electron chi connectivity index (χ2n) is 6.60. The van der Waals surface area contributed by atoms with E-state index in [1.54, 1.807) is 6.07 Å².